The van der Waals surface area contributed by atoms with Gasteiger partial charge in [-0.15, -0.1) is 0 Å². The minimum atomic E-state index is -3.52. The second kappa shape index (κ2) is 6.60. The van der Waals surface area contributed by atoms with E-state index in [1.54, 1.807) is 12.1 Å². The number of nitrogens with zero attached hydrogens (tertiary/aromatic N) is 1. The summed E-state index contributed by atoms with van der Waals surface area (Å²) in [5.41, 5.74) is 2.22. The van der Waals surface area contributed by atoms with Crippen LogP contribution in [0.1, 0.15) is 18.9 Å². The average Bonchev–Trinajstić information content (AvgIpc) is 2.47. The normalized spacial score (nSPS) is 16.6. The summed E-state index contributed by atoms with van der Waals surface area (Å²) in [6.45, 7) is 3.64. The minimum absolute atomic E-state index is 0.234. The number of hydrogen-bond acceptors (Lipinski definition) is 4. The van der Waals surface area contributed by atoms with Crippen molar-refractivity contribution in [2.24, 2.45) is 0 Å². The molecule has 0 bridgehead atoms. The highest BCUT2D eigenvalue weighted by Gasteiger charge is 2.28. The SMILES string of the molecule is CNCc1ccc(S(=O)(=O)N2CC=C(C)CC2)c(OC)c1. The number of rotatable bonds is 5. The van der Waals surface area contributed by atoms with Gasteiger partial charge in [0.1, 0.15) is 10.6 Å². The smallest absolute Gasteiger partial charge is 0.247 e. The first-order chi connectivity index (χ1) is 9.98. The van der Waals surface area contributed by atoms with Gasteiger partial charge >= 0.3 is 0 Å². The lowest BCUT2D eigenvalue weighted by Crippen LogP contribution is -2.34. The summed E-state index contributed by atoms with van der Waals surface area (Å²) < 4.78 is 32.3. The number of nitrogens with one attached hydrogen (secondary N) is 1. The third kappa shape index (κ3) is 3.45. The average molecular weight is 310 g/mol. The number of methoxy groups -OCH3 is 1. The number of benzene rings is 1. The van der Waals surface area contributed by atoms with Gasteiger partial charge in [0.15, 0.2) is 0 Å². The summed E-state index contributed by atoms with van der Waals surface area (Å²) in [4.78, 5) is 0.234. The van der Waals surface area contributed by atoms with Crippen LogP contribution < -0.4 is 10.1 Å². The van der Waals surface area contributed by atoms with Gasteiger partial charge < -0.3 is 10.1 Å². The third-order valence-electron chi connectivity index (χ3n) is 3.63. The summed E-state index contributed by atoms with van der Waals surface area (Å²) in [6.07, 6.45) is 2.74. The zero-order chi connectivity index (χ0) is 15.5. The van der Waals surface area contributed by atoms with E-state index in [2.05, 4.69) is 5.32 Å². The van der Waals surface area contributed by atoms with Crippen LogP contribution in [0.3, 0.4) is 0 Å². The predicted molar refractivity (Wildman–Crippen MR) is 82.9 cm³/mol. The molecule has 0 unspecified atom stereocenters. The molecule has 1 aliphatic rings. The summed E-state index contributed by atoms with van der Waals surface area (Å²) in [5.74, 6) is 0.397. The molecule has 1 heterocycles. The van der Waals surface area contributed by atoms with Gasteiger partial charge in [0.25, 0.3) is 0 Å². The second-order valence-electron chi connectivity index (χ2n) is 5.18. The Morgan fingerprint density at radius 3 is 2.71 bits per heavy atom. The molecule has 0 aliphatic carbocycles. The lowest BCUT2D eigenvalue weighted by atomic mass is 10.1. The van der Waals surface area contributed by atoms with Crippen molar-refractivity contribution in [3.63, 3.8) is 0 Å². The van der Waals surface area contributed by atoms with E-state index in [0.717, 1.165) is 12.0 Å². The van der Waals surface area contributed by atoms with Crippen molar-refractivity contribution in [1.82, 2.24) is 9.62 Å². The van der Waals surface area contributed by atoms with Crippen LogP contribution in [0.15, 0.2) is 34.7 Å². The molecule has 1 N–H and O–H groups in total. The number of hydrogen-bond donors (Lipinski definition) is 1. The zero-order valence-corrected chi connectivity index (χ0v) is 13.5. The zero-order valence-electron chi connectivity index (χ0n) is 12.7. The molecule has 2 rings (SSSR count). The highest BCUT2D eigenvalue weighted by Crippen LogP contribution is 2.29. The first-order valence-electron chi connectivity index (χ1n) is 6.96. The van der Waals surface area contributed by atoms with Gasteiger partial charge in [0.05, 0.1) is 7.11 Å². The van der Waals surface area contributed by atoms with Gasteiger partial charge in [-0.2, -0.15) is 4.31 Å². The molecule has 21 heavy (non-hydrogen) atoms. The Morgan fingerprint density at radius 1 is 1.38 bits per heavy atom. The Labute approximate surface area is 126 Å². The van der Waals surface area contributed by atoms with E-state index >= 15 is 0 Å². The molecule has 5 nitrogen and oxygen atoms in total. The molecule has 0 spiro atoms. The van der Waals surface area contributed by atoms with Gasteiger partial charge in [0, 0.05) is 19.6 Å². The summed E-state index contributed by atoms with van der Waals surface area (Å²) in [7, 11) is -0.172. The molecule has 0 saturated heterocycles. The Morgan fingerprint density at radius 2 is 2.14 bits per heavy atom. The van der Waals surface area contributed by atoms with Crippen molar-refractivity contribution in [3.8, 4) is 5.75 Å². The van der Waals surface area contributed by atoms with E-state index < -0.39 is 10.0 Å². The standard InChI is InChI=1S/C15H22N2O3S/c1-12-6-8-17(9-7-12)21(18,19)15-5-4-13(11-16-2)10-14(15)20-3/h4-6,10,16H,7-9,11H2,1-3H3. The van der Waals surface area contributed by atoms with Gasteiger partial charge in [-0.3, -0.25) is 0 Å². The first-order valence-corrected chi connectivity index (χ1v) is 8.40. The van der Waals surface area contributed by atoms with E-state index in [4.69, 9.17) is 4.74 Å². The van der Waals surface area contributed by atoms with E-state index in [1.807, 2.05) is 26.1 Å². The van der Waals surface area contributed by atoms with Crippen LogP contribution in [-0.2, 0) is 16.6 Å². The van der Waals surface area contributed by atoms with E-state index in [0.29, 0.717) is 25.4 Å². The quantitative estimate of drug-likeness (QED) is 0.842. The molecular weight excluding hydrogens is 288 g/mol. The molecule has 0 radical (unpaired) electrons. The lowest BCUT2D eigenvalue weighted by Gasteiger charge is -2.25. The first kappa shape index (κ1) is 16.0. The van der Waals surface area contributed by atoms with Crippen molar-refractivity contribution < 1.29 is 13.2 Å². The monoisotopic (exact) mass is 310 g/mol. The highest BCUT2D eigenvalue weighted by atomic mass is 32.2. The molecule has 116 valence electrons. The molecule has 1 aromatic rings. The maximum Gasteiger partial charge on any atom is 0.247 e. The molecule has 1 aromatic carbocycles. The van der Waals surface area contributed by atoms with Crippen molar-refractivity contribution in [1.29, 1.82) is 0 Å². The number of sulfonamides is 1. The van der Waals surface area contributed by atoms with Gasteiger partial charge in [-0.05, 0) is 38.1 Å². The van der Waals surface area contributed by atoms with Crippen LogP contribution in [-0.4, -0.2) is 40.0 Å². The van der Waals surface area contributed by atoms with Crippen LogP contribution >= 0.6 is 0 Å². The van der Waals surface area contributed by atoms with Gasteiger partial charge in [0.2, 0.25) is 10.0 Å². The molecule has 0 aromatic heterocycles. The van der Waals surface area contributed by atoms with Crippen LogP contribution in [0, 0.1) is 0 Å². The topological polar surface area (TPSA) is 58.6 Å². The largest absolute Gasteiger partial charge is 0.495 e. The second-order valence-corrected chi connectivity index (χ2v) is 7.09. The predicted octanol–water partition coefficient (Wildman–Crippen LogP) is 1.76. The maximum atomic E-state index is 12.7. The Bertz CT molecular complexity index is 638. The van der Waals surface area contributed by atoms with Crippen molar-refractivity contribution in [3.05, 3.63) is 35.4 Å². The van der Waals surface area contributed by atoms with E-state index in [1.165, 1.54) is 17.0 Å². The van der Waals surface area contributed by atoms with E-state index in [-0.39, 0.29) is 4.90 Å². The Balaban J connectivity index is 2.35. The van der Waals surface area contributed by atoms with Crippen molar-refractivity contribution in [2.75, 3.05) is 27.2 Å². The van der Waals surface area contributed by atoms with Crippen LogP contribution in [0.2, 0.25) is 0 Å². The molecule has 1 aliphatic heterocycles. The molecule has 0 amide bonds. The molecule has 0 fully saturated rings. The van der Waals surface area contributed by atoms with Gasteiger partial charge in [-0.1, -0.05) is 17.7 Å². The van der Waals surface area contributed by atoms with Crippen LogP contribution in [0.25, 0.3) is 0 Å². The molecule has 0 saturated carbocycles. The summed E-state index contributed by atoms with van der Waals surface area (Å²) in [5, 5.41) is 3.04. The summed E-state index contributed by atoms with van der Waals surface area (Å²) in [6, 6.07) is 5.22. The van der Waals surface area contributed by atoms with Crippen LogP contribution in [0.5, 0.6) is 5.75 Å². The third-order valence-corrected chi connectivity index (χ3v) is 5.53. The fraction of sp³-hybridized carbons (Fsp3) is 0.467. The maximum absolute atomic E-state index is 12.7. The Hall–Kier alpha value is -1.37. The van der Waals surface area contributed by atoms with E-state index in [9.17, 15) is 8.42 Å². The number of ether oxygens (including phenoxy) is 1. The van der Waals surface area contributed by atoms with Gasteiger partial charge in [-0.25, -0.2) is 8.42 Å². The Kier molecular flexibility index (Phi) is 5.03. The molecule has 6 heteroatoms. The fourth-order valence-corrected chi connectivity index (χ4v) is 3.87. The lowest BCUT2D eigenvalue weighted by molar-refractivity contribution is 0.393. The molecule has 0 atom stereocenters. The van der Waals surface area contributed by atoms with Crippen molar-refractivity contribution in [2.45, 2.75) is 24.8 Å². The summed E-state index contributed by atoms with van der Waals surface area (Å²) >= 11 is 0. The van der Waals surface area contributed by atoms with Crippen molar-refractivity contribution >= 4 is 10.0 Å². The molecular formula is C15H22N2O3S. The minimum Gasteiger partial charge on any atom is -0.495 e. The highest BCUT2D eigenvalue weighted by molar-refractivity contribution is 7.89. The fourth-order valence-electron chi connectivity index (χ4n) is 2.35. The van der Waals surface area contributed by atoms with Crippen LogP contribution in [0.4, 0.5) is 0 Å².